The summed E-state index contributed by atoms with van der Waals surface area (Å²) in [6.45, 7) is 5.37. The van der Waals surface area contributed by atoms with Gasteiger partial charge < -0.3 is 9.47 Å². The molecule has 0 spiro atoms. The van der Waals surface area contributed by atoms with E-state index in [2.05, 4.69) is 42.5 Å². The van der Waals surface area contributed by atoms with Crippen LogP contribution in [0, 0.1) is 0 Å². The number of aromatic nitrogens is 4. The molecule has 0 radical (unpaired) electrons. The average Bonchev–Trinajstić information content (AvgIpc) is 2.93. The number of hydrogen-bond donors (Lipinski definition) is 0. The van der Waals surface area contributed by atoms with Crippen molar-refractivity contribution in [3.63, 3.8) is 0 Å². The van der Waals surface area contributed by atoms with Crippen molar-refractivity contribution in [1.82, 2.24) is 24.2 Å². The Balaban J connectivity index is 2.47. The molecule has 2 aromatic rings. The van der Waals surface area contributed by atoms with Crippen LogP contribution in [0.1, 0.15) is 37.8 Å². The van der Waals surface area contributed by atoms with Gasteiger partial charge in [-0.3, -0.25) is 4.68 Å². The fraction of sp³-hybridized carbons (Fsp3) is 0.714. The standard InChI is InChI=1S/C14H24ClN5/c1-6-11-13-14(19(5)17-11)20(12(9-15)16-13)10(2)7-8-18(3)4/h10H,6-9H2,1-5H3. The third-order valence-corrected chi connectivity index (χ3v) is 3.94. The molecule has 0 aliphatic rings. The normalized spacial score (nSPS) is 13.6. The van der Waals surface area contributed by atoms with Crippen LogP contribution in [0.3, 0.4) is 0 Å². The number of alkyl halides is 1. The van der Waals surface area contributed by atoms with E-state index in [-0.39, 0.29) is 0 Å². The highest BCUT2D eigenvalue weighted by Crippen LogP contribution is 2.26. The minimum absolute atomic E-state index is 0.358. The Labute approximate surface area is 125 Å². The largest absolute Gasteiger partial charge is 0.309 e. The highest BCUT2D eigenvalue weighted by atomic mass is 35.5. The van der Waals surface area contributed by atoms with Crippen molar-refractivity contribution >= 4 is 22.8 Å². The minimum atomic E-state index is 0.358. The molecule has 0 aromatic carbocycles. The second-order valence-corrected chi connectivity index (χ2v) is 5.84. The van der Waals surface area contributed by atoms with Crippen LogP contribution in [0.15, 0.2) is 0 Å². The summed E-state index contributed by atoms with van der Waals surface area (Å²) < 4.78 is 4.18. The molecular weight excluding hydrogens is 274 g/mol. The molecule has 0 amide bonds. The molecule has 112 valence electrons. The molecule has 2 aromatic heterocycles. The summed E-state index contributed by atoms with van der Waals surface area (Å²) in [5, 5.41) is 4.56. The molecule has 0 aliphatic carbocycles. The Morgan fingerprint density at radius 1 is 1.35 bits per heavy atom. The van der Waals surface area contributed by atoms with Gasteiger partial charge in [-0.1, -0.05) is 6.92 Å². The summed E-state index contributed by atoms with van der Waals surface area (Å²) in [7, 11) is 6.17. The van der Waals surface area contributed by atoms with Crippen molar-refractivity contribution in [2.75, 3.05) is 20.6 Å². The number of imidazole rings is 1. The average molecular weight is 298 g/mol. The second-order valence-electron chi connectivity index (χ2n) is 5.57. The third kappa shape index (κ3) is 2.69. The van der Waals surface area contributed by atoms with E-state index in [9.17, 15) is 0 Å². The van der Waals surface area contributed by atoms with Crippen molar-refractivity contribution in [3.8, 4) is 0 Å². The molecule has 5 nitrogen and oxygen atoms in total. The molecule has 0 bridgehead atoms. The molecule has 0 N–H and O–H groups in total. The van der Waals surface area contributed by atoms with Gasteiger partial charge >= 0.3 is 0 Å². The van der Waals surface area contributed by atoms with Crippen LogP contribution in [-0.4, -0.2) is 44.9 Å². The summed E-state index contributed by atoms with van der Waals surface area (Å²) in [5.74, 6) is 1.38. The molecular formula is C14H24ClN5. The van der Waals surface area contributed by atoms with Crippen molar-refractivity contribution < 1.29 is 0 Å². The zero-order valence-electron chi connectivity index (χ0n) is 13.0. The lowest BCUT2D eigenvalue weighted by atomic mass is 10.2. The van der Waals surface area contributed by atoms with E-state index in [1.165, 1.54) is 0 Å². The van der Waals surface area contributed by atoms with Crippen LogP contribution < -0.4 is 0 Å². The first-order valence-electron chi connectivity index (χ1n) is 7.12. The van der Waals surface area contributed by atoms with E-state index in [0.29, 0.717) is 11.9 Å². The first kappa shape index (κ1) is 15.3. The monoisotopic (exact) mass is 297 g/mol. The van der Waals surface area contributed by atoms with Gasteiger partial charge in [0.1, 0.15) is 11.3 Å². The van der Waals surface area contributed by atoms with Gasteiger partial charge in [-0.15, -0.1) is 11.6 Å². The van der Waals surface area contributed by atoms with Gasteiger partial charge in [-0.05, 0) is 40.4 Å². The zero-order valence-corrected chi connectivity index (χ0v) is 13.8. The Bertz CT molecular complexity index is 584. The van der Waals surface area contributed by atoms with Gasteiger partial charge in [0, 0.05) is 13.1 Å². The predicted molar refractivity (Wildman–Crippen MR) is 83.3 cm³/mol. The van der Waals surface area contributed by atoms with Crippen molar-refractivity contribution in [3.05, 3.63) is 11.5 Å². The lowest BCUT2D eigenvalue weighted by Crippen LogP contribution is -2.19. The van der Waals surface area contributed by atoms with Crippen molar-refractivity contribution in [2.45, 2.75) is 38.6 Å². The first-order chi connectivity index (χ1) is 9.49. The number of fused-ring (bicyclic) bond motifs is 1. The van der Waals surface area contributed by atoms with E-state index in [4.69, 9.17) is 16.6 Å². The summed E-state index contributed by atoms with van der Waals surface area (Å²) in [6.07, 6.45) is 1.96. The Kier molecular flexibility index (Phi) is 4.70. The minimum Gasteiger partial charge on any atom is -0.309 e. The molecule has 0 aliphatic heterocycles. The van der Waals surface area contributed by atoms with E-state index >= 15 is 0 Å². The van der Waals surface area contributed by atoms with Gasteiger partial charge in [0.15, 0.2) is 5.65 Å². The van der Waals surface area contributed by atoms with Crippen LogP contribution in [0.2, 0.25) is 0 Å². The molecule has 20 heavy (non-hydrogen) atoms. The van der Waals surface area contributed by atoms with E-state index < -0.39 is 0 Å². The third-order valence-electron chi connectivity index (χ3n) is 3.70. The maximum atomic E-state index is 6.09. The predicted octanol–water partition coefficient (Wildman–Crippen LogP) is 2.58. The van der Waals surface area contributed by atoms with Gasteiger partial charge in [0.2, 0.25) is 0 Å². The molecule has 0 saturated carbocycles. The molecule has 2 rings (SSSR count). The topological polar surface area (TPSA) is 38.9 Å². The maximum Gasteiger partial charge on any atom is 0.158 e. The Morgan fingerprint density at radius 3 is 2.60 bits per heavy atom. The molecule has 6 heteroatoms. The fourth-order valence-corrected chi connectivity index (χ4v) is 2.81. The van der Waals surface area contributed by atoms with Crippen molar-refractivity contribution in [2.24, 2.45) is 7.05 Å². The number of hydrogen-bond acceptors (Lipinski definition) is 3. The van der Waals surface area contributed by atoms with Gasteiger partial charge in [-0.2, -0.15) is 5.10 Å². The highest BCUT2D eigenvalue weighted by molar-refractivity contribution is 6.16. The molecule has 1 unspecified atom stereocenters. The highest BCUT2D eigenvalue weighted by Gasteiger charge is 2.21. The quantitative estimate of drug-likeness (QED) is 0.769. The summed E-state index contributed by atoms with van der Waals surface area (Å²) in [4.78, 5) is 6.91. The number of halogens is 1. The summed E-state index contributed by atoms with van der Waals surface area (Å²) >= 11 is 6.09. The summed E-state index contributed by atoms with van der Waals surface area (Å²) in [5.41, 5.74) is 3.14. The van der Waals surface area contributed by atoms with Crippen molar-refractivity contribution in [1.29, 1.82) is 0 Å². The molecule has 0 saturated heterocycles. The lowest BCUT2D eigenvalue weighted by Gasteiger charge is -2.19. The number of nitrogens with zero attached hydrogens (tertiary/aromatic N) is 5. The molecule has 2 heterocycles. The Morgan fingerprint density at radius 2 is 2.05 bits per heavy atom. The van der Waals surface area contributed by atoms with Crippen LogP contribution in [0.4, 0.5) is 0 Å². The van der Waals surface area contributed by atoms with Gasteiger partial charge in [0.25, 0.3) is 0 Å². The smallest absolute Gasteiger partial charge is 0.158 e. The Hall–Kier alpha value is -1.07. The maximum absolute atomic E-state index is 6.09. The van der Waals surface area contributed by atoms with E-state index in [1.54, 1.807) is 0 Å². The van der Waals surface area contributed by atoms with Crippen LogP contribution >= 0.6 is 11.6 Å². The molecule has 1 atom stereocenters. The van der Waals surface area contributed by atoms with Crippen LogP contribution in [0.25, 0.3) is 11.2 Å². The van der Waals surface area contributed by atoms with E-state index in [1.807, 2.05) is 11.7 Å². The SMILES string of the molecule is CCc1nn(C)c2c1nc(CCl)n2C(C)CCN(C)C. The van der Waals surface area contributed by atoms with E-state index in [0.717, 1.165) is 42.1 Å². The second kappa shape index (κ2) is 6.14. The first-order valence-corrected chi connectivity index (χ1v) is 7.66. The fourth-order valence-electron chi connectivity index (χ4n) is 2.62. The summed E-state index contributed by atoms with van der Waals surface area (Å²) in [6, 6.07) is 0.358. The number of aryl methyl sites for hydroxylation is 2. The van der Waals surface area contributed by atoms with Gasteiger partial charge in [0.05, 0.1) is 11.6 Å². The van der Waals surface area contributed by atoms with Crippen LogP contribution in [-0.2, 0) is 19.3 Å². The molecule has 0 fully saturated rings. The zero-order chi connectivity index (χ0) is 14.9. The van der Waals surface area contributed by atoms with Crippen LogP contribution in [0.5, 0.6) is 0 Å². The van der Waals surface area contributed by atoms with Gasteiger partial charge in [-0.25, -0.2) is 4.98 Å². The number of rotatable bonds is 6. The lowest BCUT2D eigenvalue weighted by molar-refractivity contribution is 0.357.